The van der Waals surface area contributed by atoms with Crippen LogP contribution in [0.1, 0.15) is 5.56 Å². The molecule has 5 heteroatoms. The van der Waals surface area contributed by atoms with Gasteiger partial charge in [0.25, 0.3) is 0 Å². The predicted molar refractivity (Wildman–Crippen MR) is 62.4 cm³/mol. The van der Waals surface area contributed by atoms with Crippen LogP contribution in [0.2, 0.25) is 0 Å². The standard InChI is InChI=1S/C10H12N4S/c1-6-4-15-9-8(6)12-5-13-10(9)14-7-2-11-3-7/h4-5,7,11H,2-3H2,1H3,(H,12,13,14). The summed E-state index contributed by atoms with van der Waals surface area (Å²) in [4.78, 5) is 8.60. The maximum absolute atomic E-state index is 4.30. The monoisotopic (exact) mass is 220 g/mol. The second-order valence-corrected chi connectivity index (χ2v) is 4.70. The van der Waals surface area contributed by atoms with Gasteiger partial charge in [-0.15, -0.1) is 11.3 Å². The van der Waals surface area contributed by atoms with E-state index in [1.54, 1.807) is 17.7 Å². The normalized spacial score (nSPS) is 16.6. The third-order valence-electron chi connectivity index (χ3n) is 2.65. The summed E-state index contributed by atoms with van der Waals surface area (Å²) in [5, 5.41) is 8.79. The zero-order valence-corrected chi connectivity index (χ0v) is 9.27. The van der Waals surface area contributed by atoms with Crippen molar-refractivity contribution in [2.24, 2.45) is 0 Å². The van der Waals surface area contributed by atoms with Crippen LogP contribution in [0.5, 0.6) is 0 Å². The minimum Gasteiger partial charge on any atom is -0.363 e. The van der Waals surface area contributed by atoms with Gasteiger partial charge in [-0.1, -0.05) is 0 Å². The number of aromatic nitrogens is 2. The number of nitrogens with one attached hydrogen (secondary N) is 2. The van der Waals surface area contributed by atoms with Gasteiger partial charge in [0.15, 0.2) is 0 Å². The van der Waals surface area contributed by atoms with Crippen LogP contribution in [-0.2, 0) is 0 Å². The van der Waals surface area contributed by atoms with E-state index in [0.717, 1.165) is 24.4 Å². The van der Waals surface area contributed by atoms with E-state index in [4.69, 9.17) is 0 Å². The van der Waals surface area contributed by atoms with Crippen LogP contribution in [0.25, 0.3) is 10.2 Å². The Labute approximate surface area is 91.7 Å². The fraction of sp³-hybridized carbons (Fsp3) is 0.400. The van der Waals surface area contributed by atoms with E-state index in [-0.39, 0.29) is 0 Å². The Morgan fingerprint density at radius 1 is 1.47 bits per heavy atom. The van der Waals surface area contributed by atoms with Crippen molar-refractivity contribution < 1.29 is 0 Å². The molecular formula is C10H12N4S. The highest BCUT2D eigenvalue weighted by atomic mass is 32.1. The molecule has 0 amide bonds. The van der Waals surface area contributed by atoms with Crippen molar-refractivity contribution in [1.82, 2.24) is 15.3 Å². The summed E-state index contributed by atoms with van der Waals surface area (Å²) < 4.78 is 1.17. The molecule has 2 N–H and O–H groups in total. The van der Waals surface area contributed by atoms with E-state index >= 15 is 0 Å². The number of nitrogens with zero attached hydrogens (tertiary/aromatic N) is 2. The van der Waals surface area contributed by atoms with Gasteiger partial charge in [0.05, 0.1) is 16.3 Å². The molecule has 1 aliphatic heterocycles. The number of anilines is 1. The molecule has 4 nitrogen and oxygen atoms in total. The molecule has 1 aliphatic rings. The van der Waals surface area contributed by atoms with Crippen molar-refractivity contribution in [2.75, 3.05) is 18.4 Å². The van der Waals surface area contributed by atoms with E-state index in [1.165, 1.54) is 10.3 Å². The van der Waals surface area contributed by atoms with Crippen LogP contribution in [0, 0.1) is 6.92 Å². The van der Waals surface area contributed by atoms with E-state index in [1.807, 2.05) is 0 Å². The molecule has 2 aromatic rings. The summed E-state index contributed by atoms with van der Waals surface area (Å²) in [6.07, 6.45) is 1.64. The highest BCUT2D eigenvalue weighted by molar-refractivity contribution is 7.18. The lowest BCUT2D eigenvalue weighted by atomic mass is 10.2. The number of hydrogen-bond donors (Lipinski definition) is 2. The molecule has 0 aliphatic carbocycles. The first kappa shape index (κ1) is 9.06. The number of aryl methyl sites for hydroxylation is 1. The zero-order valence-electron chi connectivity index (χ0n) is 8.45. The SMILES string of the molecule is Cc1csc2c(NC3CNC3)ncnc12. The highest BCUT2D eigenvalue weighted by Crippen LogP contribution is 2.28. The molecule has 0 atom stereocenters. The predicted octanol–water partition coefficient (Wildman–Crippen LogP) is 1.38. The molecule has 2 aromatic heterocycles. The minimum absolute atomic E-state index is 0.519. The molecular weight excluding hydrogens is 208 g/mol. The van der Waals surface area contributed by atoms with Crippen molar-refractivity contribution in [3.05, 3.63) is 17.3 Å². The minimum atomic E-state index is 0.519. The second-order valence-electron chi connectivity index (χ2n) is 3.82. The van der Waals surface area contributed by atoms with Gasteiger partial charge in [0.1, 0.15) is 12.1 Å². The molecule has 3 heterocycles. The average Bonchev–Trinajstić information content (AvgIpc) is 2.55. The summed E-state index contributed by atoms with van der Waals surface area (Å²) >= 11 is 1.71. The van der Waals surface area contributed by atoms with E-state index in [2.05, 4.69) is 32.9 Å². The van der Waals surface area contributed by atoms with Crippen LogP contribution in [-0.4, -0.2) is 29.1 Å². The van der Waals surface area contributed by atoms with E-state index < -0.39 is 0 Å². The van der Waals surface area contributed by atoms with Gasteiger partial charge in [-0.3, -0.25) is 0 Å². The van der Waals surface area contributed by atoms with Gasteiger partial charge < -0.3 is 10.6 Å². The van der Waals surface area contributed by atoms with Gasteiger partial charge in [0.2, 0.25) is 0 Å². The van der Waals surface area contributed by atoms with Gasteiger partial charge in [0, 0.05) is 13.1 Å². The van der Waals surface area contributed by atoms with Crippen molar-refractivity contribution in [2.45, 2.75) is 13.0 Å². The van der Waals surface area contributed by atoms with Gasteiger partial charge in [-0.05, 0) is 17.9 Å². The molecule has 1 fully saturated rings. The summed E-state index contributed by atoms with van der Waals surface area (Å²) in [6, 6.07) is 0.519. The first-order valence-corrected chi connectivity index (χ1v) is 5.88. The van der Waals surface area contributed by atoms with Crippen molar-refractivity contribution in [1.29, 1.82) is 0 Å². The summed E-state index contributed by atoms with van der Waals surface area (Å²) in [5.41, 5.74) is 2.30. The molecule has 0 aromatic carbocycles. The second kappa shape index (κ2) is 3.43. The lowest BCUT2D eigenvalue weighted by Crippen LogP contribution is -2.51. The summed E-state index contributed by atoms with van der Waals surface area (Å²) in [6.45, 7) is 4.13. The van der Waals surface area contributed by atoms with Crippen LogP contribution in [0.3, 0.4) is 0 Å². The maximum atomic E-state index is 4.30. The quantitative estimate of drug-likeness (QED) is 0.803. The Hall–Kier alpha value is -1.20. The lowest BCUT2D eigenvalue weighted by molar-refractivity contribution is 0.471. The lowest BCUT2D eigenvalue weighted by Gasteiger charge is -2.28. The van der Waals surface area contributed by atoms with Crippen LogP contribution < -0.4 is 10.6 Å². The highest BCUT2D eigenvalue weighted by Gasteiger charge is 2.18. The average molecular weight is 220 g/mol. The summed E-state index contributed by atoms with van der Waals surface area (Å²) in [7, 11) is 0. The van der Waals surface area contributed by atoms with Crippen LogP contribution in [0.4, 0.5) is 5.82 Å². The van der Waals surface area contributed by atoms with Crippen molar-refractivity contribution >= 4 is 27.4 Å². The first-order chi connectivity index (χ1) is 7.34. The summed E-state index contributed by atoms with van der Waals surface area (Å²) in [5.74, 6) is 0.976. The van der Waals surface area contributed by atoms with E-state index in [9.17, 15) is 0 Å². The maximum Gasteiger partial charge on any atom is 0.147 e. The fourth-order valence-corrected chi connectivity index (χ4v) is 2.61. The van der Waals surface area contributed by atoms with Gasteiger partial charge in [-0.2, -0.15) is 0 Å². The Bertz CT molecular complexity index is 489. The molecule has 1 saturated heterocycles. The molecule has 0 unspecified atom stereocenters. The van der Waals surface area contributed by atoms with Gasteiger partial charge in [-0.25, -0.2) is 9.97 Å². The molecule has 15 heavy (non-hydrogen) atoms. The molecule has 78 valence electrons. The fourth-order valence-electron chi connectivity index (χ4n) is 1.66. The van der Waals surface area contributed by atoms with Crippen LogP contribution in [0.15, 0.2) is 11.7 Å². The smallest absolute Gasteiger partial charge is 0.147 e. The Kier molecular flexibility index (Phi) is 2.07. The third kappa shape index (κ3) is 1.48. The van der Waals surface area contributed by atoms with E-state index in [0.29, 0.717) is 6.04 Å². The zero-order chi connectivity index (χ0) is 10.3. The largest absolute Gasteiger partial charge is 0.363 e. The topological polar surface area (TPSA) is 49.8 Å². The van der Waals surface area contributed by atoms with Gasteiger partial charge >= 0.3 is 0 Å². The molecule has 0 bridgehead atoms. The first-order valence-electron chi connectivity index (χ1n) is 5.00. The van der Waals surface area contributed by atoms with Crippen molar-refractivity contribution in [3.8, 4) is 0 Å². The molecule has 0 saturated carbocycles. The molecule has 0 spiro atoms. The number of thiophene rings is 1. The Balaban J connectivity index is 2.01. The number of rotatable bonds is 2. The van der Waals surface area contributed by atoms with Crippen LogP contribution >= 0.6 is 11.3 Å². The number of hydrogen-bond acceptors (Lipinski definition) is 5. The third-order valence-corrected chi connectivity index (χ3v) is 3.75. The Morgan fingerprint density at radius 3 is 3.07 bits per heavy atom. The molecule has 3 rings (SSSR count). The van der Waals surface area contributed by atoms with Crippen molar-refractivity contribution in [3.63, 3.8) is 0 Å². The number of fused-ring (bicyclic) bond motifs is 1. The Morgan fingerprint density at radius 2 is 2.33 bits per heavy atom. The molecule has 0 radical (unpaired) electrons.